The Labute approximate surface area is 122 Å². The Morgan fingerprint density at radius 3 is 2.52 bits per heavy atom. The molecule has 1 amide bonds. The number of oxazole rings is 1. The van der Waals surface area contributed by atoms with Crippen molar-refractivity contribution in [2.45, 2.75) is 37.8 Å². The molecule has 0 saturated heterocycles. The van der Waals surface area contributed by atoms with E-state index in [0.29, 0.717) is 5.69 Å². The summed E-state index contributed by atoms with van der Waals surface area (Å²) in [4.78, 5) is 17.9. The van der Waals surface area contributed by atoms with E-state index in [9.17, 15) is 4.79 Å². The van der Waals surface area contributed by atoms with Crippen LogP contribution in [0.4, 0.5) is 16.0 Å². The third-order valence-corrected chi connectivity index (χ3v) is 3.89. The Kier molecular flexibility index (Phi) is 3.73. The van der Waals surface area contributed by atoms with Crippen LogP contribution in [-0.4, -0.2) is 16.6 Å². The van der Waals surface area contributed by atoms with Crippen LogP contribution < -0.4 is 4.90 Å². The Bertz CT molecular complexity index is 592. The minimum atomic E-state index is -1.82. The van der Waals surface area contributed by atoms with E-state index in [2.05, 4.69) is 4.98 Å². The molecule has 1 fully saturated rings. The lowest BCUT2D eigenvalue weighted by Crippen LogP contribution is -2.45. The van der Waals surface area contributed by atoms with Gasteiger partial charge in [-0.3, -0.25) is 4.79 Å². The van der Waals surface area contributed by atoms with Gasteiger partial charge in [0.15, 0.2) is 12.1 Å². The predicted octanol–water partition coefficient (Wildman–Crippen LogP) is 4.01. The van der Waals surface area contributed by atoms with Crippen molar-refractivity contribution in [3.05, 3.63) is 42.9 Å². The first-order chi connectivity index (χ1) is 10.2. The number of aromatic nitrogens is 1. The van der Waals surface area contributed by atoms with Crippen LogP contribution in [-0.2, 0) is 4.79 Å². The lowest BCUT2D eigenvalue weighted by atomic mass is 9.85. The molecule has 3 rings (SSSR count). The monoisotopic (exact) mass is 288 g/mol. The molecule has 1 heterocycles. The van der Waals surface area contributed by atoms with Crippen LogP contribution in [0, 0.1) is 0 Å². The highest BCUT2D eigenvalue weighted by Crippen LogP contribution is 2.37. The number of para-hydroxylation sites is 1. The minimum Gasteiger partial charge on any atom is -0.427 e. The summed E-state index contributed by atoms with van der Waals surface area (Å²) in [6.07, 6.45) is 5.66. The van der Waals surface area contributed by atoms with E-state index in [1.165, 1.54) is 17.5 Å². The van der Waals surface area contributed by atoms with E-state index in [0.717, 1.165) is 19.3 Å². The molecule has 4 nitrogen and oxygen atoms in total. The van der Waals surface area contributed by atoms with Gasteiger partial charge in [-0.2, -0.15) is 0 Å². The van der Waals surface area contributed by atoms with Crippen LogP contribution in [0.15, 0.2) is 47.3 Å². The Morgan fingerprint density at radius 1 is 1.19 bits per heavy atom. The van der Waals surface area contributed by atoms with Crippen molar-refractivity contribution in [2.75, 3.05) is 4.90 Å². The number of amides is 1. The van der Waals surface area contributed by atoms with Gasteiger partial charge in [0, 0.05) is 0 Å². The lowest BCUT2D eigenvalue weighted by molar-refractivity contribution is -0.131. The van der Waals surface area contributed by atoms with Crippen LogP contribution in [0.25, 0.3) is 0 Å². The number of carbonyl (C=O) groups is 1. The van der Waals surface area contributed by atoms with Gasteiger partial charge in [-0.15, -0.1) is 0 Å². The molecule has 1 aromatic carbocycles. The number of hydrogen-bond donors (Lipinski definition) is 0. The van der Waals surface area contributed by atoms with Gasteiger partial charge in [0.2, 0.25) is 5.88 Å². The molecule has 0 bridgehead atoms. The summed E-state index contributed by atoms with van der Waals surface area (Å²) in [5, 5.41) is 0. The molecule has 0 atom stereocenters. The molecule has 1 saturated carbocycles. The van der Waals surface area contributed by atoms with Crippen LogP contribution in [0.5, 0.6) is 0 Å². The van der Waals surface area contributed by atoms with E-state index in [-0.39, 0.29) is 18.7 Å². The molecule has 0 N–H and O–H groups in total. The molecular weight excluding hydrogens is 271 g/mol. The molecular formula is C16H17FN2O2. The zero-order valence-corrected chi connectivity index (χ0v) is 11.7. The number of benzene rings is 1. The zero-order chi connectivity index (χ0) is 14.7. The average Bonchev–Trinajstić information content (AvgIpc) is 3.03. The van der Waals surface area contributed by atoms with Crippen molar-refractivity contribution in [2.24, 2.45) is 0 Å². The Balaban J connectivity index is 1.98. The molecule has 1 aliphatic rings. The van der Waals surface area contributed by atoms with Crippen molar-refractivity contribution in [3.8, 4) is 0 Å². The van der Waals surface area contributed by atoms with Crippen molar-refractivity contribution in [3.63, 3.8) is 0 Å². The standard InChI is InChI=1S/C16H17FN2O2/c17-16(9-5-2-6-10-16)15(20)19(14-11-18-12-21-14)13-7-3-1-4-8-13/h1,3-4,7-8,11-12H,2,5-6,9-10H2. The highest BCUT2D eigenvalue weighted by atomic mass is 19.1. The first kappa shape index (κ1) is 13.8. The van der Waals surface area contributed by atoms with E-state index in [4.69, 9.17) is 4.42 Å². The van der Waals surface area contributed by atoms with Crippen molar-refractivity contribution >= 4 is 17.5 Å². The van der Waals surface area contributed by atoms with Gasteiger partial charge in [-0.1, -0.05) is 24.6 Å². The normalized spacial score (nSPS) is 17.4. The molecule has 1 aliphatic carbocycles. The van der Waals surface area contributed by atoms with Crippen molar-refractivity contribution in [1.82, 2.24) is 4.98 Å². The molecule has 0 radical (unpaired) electrons. The fraction of sp³-hybridized carbons (Fsp3) is 0.375. The second-order valence-electron chi connectivity index (χ2n) is 5.34. The first-order valence-electron chi connectivity index (χ1n) is 7.18. The van der Waals surface area contributed by atoms with Gasteiger partial charge in [0.25, 0.3) is 5.91 Å². The summed E-state index contributed by atoms with van der Waals surface area (Å²) in [6, 6.07) is 8.97. The minimum absolute atomic E-state index is 0.244. The number of alkyl halides is 1. The van der Waals surface area contributed by atoms with Gasteiger partial charge in [-0.05, 0) is 37.8 Å². The smallest absolute Gasteiger partial charge is 0.271 e. The van der Waals surface area contributed by atoms with Crippen molar-refractivity contribution in [1.29, 1.82) is 0 Å². The van der Waals surface area contributed by atoms with Crippen LogP contribution in [0.2, 0.25) is 0 Å². The van der Waals surface area contributed by atoms with Gasteiger partial charge in [-0.25, -0.2) is 14.3 Å². The summed E-state index contributed by atoms with van der Waals surface area (Å²) in [5.41, 5.74) is -1.23. The van der Waals surface area contributed by atoms with Crippen LogP contribution >= 0.6 is 0 Å². The number of nitrogens with zero attached hydrogens (tertiary/aromatic N) is 2. The summed E-state index contributed by atoms with van der Waals surface area (Å²) in [6.45, 7) is 0. The number of rotatable bonds is 3. The SMILES string of the molecule is O=C(N(c1ccccc1)c1cnco1)C1(F)CCCCC1. The Morgan fingerprint density at radius 2 is 1.90 bits per heavy atom. The van der Waals surface area contributed by atoms with Crippen LogP contribution in [0.1, 0.15) is 32.1 Å². The van der Waals surface area contributed by atoms with E-state index < -0.39 is 11.6 Å². The number of hydrogen-bond acceptors (Lipinski definition) is 3. The highest BCUT2D eigenvalue weighted by Gasteiger charge is 2.44. The molecule has 2 aromatic rings. The maximum atomic E-state index is 15.0. The second-order valence-corrected chi connectivity index (χ2v) is 5.34. The number of anilines is 2. The topological polar surface area (TPSA) is 46.3 Å². The van der Waals surface area contributed by atoms with E-state index in [1.54, 1.807) is 24.3 Å². The highest BCUT2D eigenvalue weighted by molar-refractivity contribution is 6.04. The molecule has 110 valence electrons. The predicted molar refractivity (Wildman–Crippen MR) is 77.0 cm³/mol. The third kappa shape index (κ3) is 2.68. The van der Waals surface area contributed by atoms with Crippen molar-refractivity contribution < 1.29 is 13.6 Å². The number of carbonyl (C=O) groups excluding carboxylic acids is 1. The number of halogens is 1. The quantitative estimate of drug-likeness (QED) is 0.857. The Hall–Kier alpha value is -2.17. The molecule has 21 heavy (non-hydrogen) atoms. The van der Waals surface area contributed by atoms with E-state index >= 15 is 4.39 Å². The largest absolute Gasteiger partial charge is 0.427 e. The molecule has 0 aliphatic heterocycles. The van der Waals surface area contributed by atoms with Gasteiger partial charge < -0.3 is 4.42 Å². The summed E-state index contributed by atoms with van der Waals surface area (Å²) >= 11 is 0. The fourth-order valence-corrected chi connectivity index (χ4v) is 2.77. The first-order valence-corrected chi connectivity index (χ1v) is 7.18. The molecule has 0 spiro atoms. The molecule has 0 unspecified atom stereocenters. The van der Waals surface area contributed by atoms with Gasteiger partial charge in [0.05, 0.1) is 11.9 Å². The molecule has 1 aromatic heterocycles. The summed E-state index contributed by atoms with van der Waals surface area (Å²) < 4.78 is 20.3. The maximum Gasteiger partial charge on any atom is 0.271 e. The summed E-state index contributed by atoms with van der Waals surface area (Å²) in [7, 11) is 0. The van der Waals surface area contributed by atoms with Crippen LogP contribution in [0.3, 0.4) is 0 Å². The molecule has 5 heteroatoms. The van der Waals surface area contributed by atoms with Gasteiger partial charge >= 0.3 is 0 Å². The maximum absolute atomic E-state index is 15.0. The lowest BCUT2D eigenvalue weighted by Gasteiger charge is -2.32. The van der Waals surface area contributed by atoms with Gasteiger partial charge in [0.1, 0.15) is 0 Å². The van der Waals surface area contributed by atoms with E-state index in [1.807, 2.05) is 6.07 Å². The third-order valence-electron chi connectivity index (χ3n) is 3.89. The fourth-order valence-electron chi connectivity index (χ4n) is 2.77. The average molecular weight is 288 g/mol. The second kappa shape index (κ2) is 5.68. The summed E-state index contributed by atoms with van der Waals surface area (Å²) in [5.74, 6) is -0.320. The zero-order valence-electron chi connectivity index (χ0n) is 11.7.